The highest BCUT2D eigenvalue weighted by atomic mass is 14.8. The Kier molecular flexibility index (Phi) is 6.82. The van der Waals surface area contributed by atoms with Gasteiger partial charge in [0.15, 0.2) is 0 Å². The van der Waals surface area contributed by atoms with Crippen molar-refractivity contribution in [1.82, 2.24) is 19.9 Å². The molecule has 11 rings (SSSR count). The number of para-hydroxylation sites is 1. The molecular formula is C50H30N4. The summed E-state index contributed by atoms with van der Waals surface area (Å²) < 4.78 is 0. The van der Waals surface area contributed by atoms with Crippen molar-refractivity contribution in [3.05, 3.63) is 182 Å². The second-order valence-electron chi connectivity index (χ2n) is 13.8. The van der Waals surface area contributed by atoms with E-state index >= 15 is 0 Å². The van der Waals surface area contributed by atoms with Gasteiger partial charge in [-0.15, -0.1) is 0 Å². The van der Waals surface area contributed by atoms with Crippen molar-refractivity contribution in [2.24, 2.45) is 0 Å². The number of aromatic nitrogens is 4. The number of rotatable bonds is 4. The van der Waals surface area contributed by atoms with Crippen molar-refractivity contribution in [2.75, 3.05) is 0 Å². The zero-order valence-corrected chi connectivity index (χ0v) is 29.1. The van der Waals surface area contributed by atoms with Gasteiger partial charge in [0.25, 0.3) is 0 Å². The quantitative estimate of drug-likeness (QED) is 0.137. The van der Waals surface area contributed by atoms with Gasteiger partial charge in [-0.1, -0.05) is 146 Å². The van der Waals surface area contributed by atoms with Crippen molar-refractivity contribution >= 4 is 65.3 Å². The summed E-state index contributed by atoms with van der Waals surface area (Å²) in [6, 6.07) is 63.9. The third-order valence-corrected chi connectivity index (χ3v) is 10.6. The zero-order chi connectivity index (χ0) is 35.6. The maximum absolute atomic E-state index is 5.22. The monoisotopic (exact) mass is 686 g/mol. The lowest BCUT2D eigenvalue weighted by atomic mass is 9.93. The number of benzene rings is 7. The fraction of sp³-hybridized carbons (Fsp3) is 0. The first-order valence-corrected chi connectivity index (χ1v) is 18.2. The number of pyridine rings is 4. The summed E-state index contributed by atoms with van der Waals surface area (Å²) in [7, 11) is 0. The lowest BCUT2D eigenvalue weighted by Gasteiger charge is -2.14. The van der Waals surface area contributed by atoms with Crippen LogP contribution in [0.3, 0.4) is 0 Å². The fourth-order valence-electron chi connectivity index (χ4n) is 7.88. The maximum atomic E-state index is 5.22. The summed E-state index contributed by atoms with van der Waals surface area (Å²) in [5.74, 6) is 0. The molecule has 4 heterocycles. The van der Waals surface area contributed by atoms with Crippen LogP contribution in [0.5, 0.6) is 0 Å². The third-order valence-electron chi connectivity index (χ3n) is 10.6. The first-order chi connectivity index (χ1) is 26.7. The summed E-state index contributed by atoms with van der Waals surface area (Å²) in [5, 5.41) is 7.76. The molecule has 0 fully saturated rings. The average molecular weight is 687 g/mol. The molecule has 0 aliphatic heterocycles. The first kappa shape index (κ1) is 30.3. The predicted molar refractivity (Wildman–Crippen MR) is 224 cm³/mol. The van der Waals surface area contributed by atoms with Gasteiger partial charge in [-0.05, 0) is 52.7 Å². The number of nitrogens with zero attached hydrogens (tertiary/aromatic N) is 4. The molecule has 4 heteroatoms. The minimum Gasteiger partial charge on any atom is -0.245 e. The molecule has 11 aromatic rings. The second kappa shape index (κ2) is 12.1. The molecule has 0 spiro atoms. The Labute approximate surface area is 311 Å². The Hall–Kier alpha value is -7.30. The Balaban J connectivity index is 1.04. The highest BCUT2D eigenvalue weighted by molar-refractivity contribution is 6.16. The van der Waals surface area contributed by atoms with E-state index in [0.717, 1.165) is 105 Å². The van der Waals surface area contributed by atoms with Crippen LogP contribution in [0.1, 0.15) is 0 Å². The van der Waals surface area contributed by atoms with Crippen LogP contribution in [0.15, 0.2) is 182 Å². The lowest BCUT2D eigenvalue weighted by Crippen LogP contribution is -1.93. The lowest BCUT2D eigenvalue weighted by molar-refractivity contribution is 1.37. The summed E-state index contributed by atoms with van der Waals surface area (Å²) in [6.07, 6.45) is 0. The van der Waals surface area contributed by atoms with Gasteiger partial charge in [0.05, 0.1) is 44.7 Å². The molecule has 0 saturated carbocycles. The fourth-order valence-corrected chi connectivity index (χ4v) is 7.88. The molecule has 250 valence electrons. The van der Waals surface area contributed by atoms with E-state index in [-0.39, 0.29) is 0 Å². The SMILES string of the molecule is c1ccc(-c2ccc3ccc4ccc(-c5ccc6cc(-c7c8ccccc8nc8c7ccc7ccc(-c9ccccc9)nc78)ccc6c5)nc4c3n2)cc1. The molecule has 0 N–H and O–H groups in total. The third kappa shape index (κ3) is 5.00. The zero-order valence-electron chi connectivity index (χ0n) is 29.1. The van der Waals surface area contributed by atoms with Crippen LogP contribution < -0.4 is 0 Å². The Morgan fingerprint density at radius 3 is 1.31 bits per heavy atom. The van der Waals surface area contributed by atoms with Gasteiger partial charge >= 0.3 is 0 Å². The Morgan fingerprint density at radius 1 is 0.259 bits per heavy atom. The number of hydrogen-bond acceptors (Lipinski definition) is 4. The van der Waals surface area contributed by atoms with Crippen molar-refractivity contribution < 1.29 is 0 Å². The van der Waals surface area contributed by atoms with Gasteiger partial charge in [0.1, 0.15) is 0 Å². The Bertz CT molecular complexity index is 3270. The van der Waals surface area contributed by atoms with E-state index in [2.05, 4.69) is 158 Å². The molecule has 0 saturated heterocycles. The summed E-state index contributed by atoms with van der Waals surface area (Å²) in [5.41, 5.74) is 13.0. The van der Waals surface area contributed by atoms with E-state index in [0.29, 0.717) is 0 Å². The van der Waals surface area contributed by atoms with E-state index in [1.165, 1.54) is 5.56 Å². The highest BCUT2D eigenvalue weighted by Gasteiger charge is 2.16. The topological polar surface area (TPSA) is 51.6 Å². The van der Waals surface area contributed by atoms with Crippen LogP contribution in [0, 0.1) is 0 Å². The van der Waals surface area contributed by atoms with E-state index in [9.17, 15) is 0 Å². The van der Waals surface area contributed by atoms with Crippen molar-refractivity contribution in [3.8, 4) is 44.9 Å². The molecule has 4 aromatic heterocycles. The maximum Gasteiger partial charge on any atom is 0.0978 e. The van der Waals surface area contributed by atoms with Gasteiger partial charge in [-0.25, -0.2) is 19.9 Å². The molecule has 0 bridgehead atoms. The molecular weight excluding hydrogens is 657 g/mol. The smallest absolute Gasteiger partial charge is 0.0978 e. The van der Waals surface area contributed by atoms with E-state index in [1.54, 1.807) is 0 Å². The van der Waals surface area contributed by atoms with Crippen LogP contribution in [0.4, 0.5) is 0 Å². The molecule has 0 aliphatic carbocycles. The van der Waals surface area contributed by atoms with Crippen molar-refractivity contribution in [3.63, 3.8) is 0 Å². The van der Waals surface area contributed by atoms with Crippen LogP contribution in [-0.2, 0) is 0 Å². The van der Waals surface area contributed by atoms with Gasteiger partial charge < -0.3 is 0 Å². The Morgan fingerprint density at radius 2 is 0.704 bits per heavy atom. The molecule has 0 unspecified atom stereocenters. The molecule has 4 nitrogen and oxygen atoms in total. The highest BCUT2D eigenvalue weighted by Crippen LogP contribution is 2.39. The van der Waals surface area contributed by atoms with Crippen molar-refractivity contribution in [2.45, 2.75) is 0 Å². The van der Waals surface area contributed by atoms with Crippen LogP contribution in [-0.4, -0.2) is 19.9 Å². The molecule has 0 aliphatic rings. The van der Waals surface area contributed by atoms with Gasteiger partial charge in [-0.2, -0.15) is 0 Å². The standard InChI is InChI=1S/C50H30N4/c1-3-9-31(10-4-1)42-26-22-33-15-16-34-24-28-44(53-48(34)47(33)51-42)38-19-17-37-30-39(20-18-36(37)29-38)46-40-13-7-8-14-45(40)54-50-41(46)25-21-35-23-27-43(52-49(35)50)32-11-5-2-6-12-32/h1-30H. The number of hydrogen-bond donors (Lipinski definition) is 0. The van der Waals surface area contributed by atoms with Gasteiger partial charge in [0, 0.05) is 49.2 Å². The van der Waals surface area contributed by atoms with Crippen molar-refractivity contribution in [1.29, 1.82) is 0 Å². The van der Waals surface area contributed by atoms with Gasteiger partial charge in [-0.3, -0.25) is 0 Å². The van der Waals surface area contributed by atoms with E-state index < -0.39 is 0 Å². The van der Waals surface area contributed by atoms with E-state index in [1.807, 2.05) is 24.3 Å². The number of fused-ring (bicyclic) bond motifs is 8. The van der Waals surface area contributed by atoms with Gasteiger partial charge in [0.2, 0.25) is 0 Å². The van der Waals surface area contributed by atoms with Crippen LogP contribution >= 0.6 is 0 Å². The summed E-state index contributed by atoms with van der Waals surface area (Å²) >= 11 is 0. The molecule has 54 heavy (non-hydrogen) atoms. The van der Waals surface area contributed by atoms with Crippen LogP contribution in [0.25, 0.3) is 110 Å². The minimum absolute atomic E-state index is 0.910. The van der Waals surface area contributed by atoms with Crippen LogP contribution in [0.2, 0.25) is 0 Å². The van der Waals surface area contributed by atoms with E-state index in [4.69, 9.17) is 19.9 Å². The molecule has 7 aromatic carbocycles. The second-order valence-corrected chi connectivity index (χ2v) is 13.8. The summed E-state index contributed by atoms with van der Waals surface area (Å²) in [4.78, 5) is 20.7. The molecule has 0 atom stereocenters. The average Bonchev–Trinajstić information content (AvgIpc) is 3.25. The first-order valence-electron chi connectivity index (χ1n) is 18.2. The molecule has 0 amide bonds. The minimum atomic E-state index is 0.910. The molecule has 0 radical (unpaired) electrons. The largest absolute Gasteiger partial charge is 0.245 e. The predicted octanol–water partition coefficient (Wildman–Crippen LogP) is 12.9. The summed E-state index contributed by atoms with van der Waals surface area (Å²) in [6.45, 7) is 0. The normalized spacial score (nSPS) is 11.7.